The number of benzene rings is 1. The summed E-state index contributed by atoms with van der Waals surface area (Å²) in [5.41, 5.74) is 1.02. The Morgan fingerprint density at radius 1 is 1.32 bits per heavy atom. The quantitative estimate of drug-likeness (QED) is 0.316. The van der Waals surface area contributed by atoms with Crippen molar-refractivity contribution in [3.05, 3.63) is 39.4 Å². The maximum atomic E-state index is 12.0. The molecule has 1 aromatic rings. The van der Waals surface area contributed by atoms with Crippen LogP contribution in [0.25, 0.3) is 6.08 Å². The molecule has 1 amide bonds. The number of carbonyl (C=O) groups excluding carboxylic acids is 1. The summed E-state index contributed by atoms with van der Waals surface area (Å²) in [5.74, 6) is 0.256. The van der Waals surface area contributed by atoms with Crippen molar-refractivity contribution in [3.8, 4) is 5.75 Å². The number of nitro groups is 1. The number of hydrogen-bond acceptors (Lipinski definition) is 6. The van der Waals surface area contributed by atoms with Crippen molar-refractivity contribution in [2.75, 3.05) is 19.9 Å². The SMILES string of the molecule is O=C(/C=C/c1cc([N+](=O)[O-])cc2c1OCOC2)NCCCOC1CCCCC1. The number of fused-ring (bicyclic) bond motifs is 1. The summed E-state index contributed by atoms with van der Waals surface area (Å²) in [5, 5.41) is 13.9. The summed E-state index contributed by atoms with van der Waals surface area (Å²) in [7, 11) is 0. The largest absolute Gasteiger partial charge is 0.467 e. The predicted octanol–water partition coefficient (Wildman–Crippen LogP) is 3.33. The number of nitrogens with zero attached hydrogens (tertiary/aromatic N) is 1. The zero-order chi connectivity index (χ0) is 19.8. The van der Waals surface area contributed by atoms with Gasteiger partial charge in [-0.15, -0.1) is 0 Å². The van der Waals surface area contributed by atoms with Gasteiger partial charge in [-0.1, -0.05) is 19.3 Å². The van der Waals surface area contributed by atoms with Crippen molar-refractivity contribution < 1.29 is 23.9 Å². The Morgan fingerprint density at radius 3 is 2.93 bits per heavy atom. The van der Waals surface area contributed by atoms with Crippen LogP contribution in [0.3, 0.4) is 0 Å². The number of rotatable bonds is 8. The van der Waals surface area contributed by atoms with Crippen LogP contribution in [0.1, 0.15) is 49.7 Å². The molecule has 8 nitrogen and oxygen atoms in total. The monoisotopic (exact) mass is 390 g/mol. The maximum absolute atomic E-state index is 12.0. The number of hydrogen-bond donors (Lipinski definition) is 1. The molecule has 28 heavy (non-hydrogen) atoms. The Kier molecular flexibility index (Phi) is 7.39. The summed E-state index contributed by atoms with van der Waals surface area (Å²) < 4.78 is 16.4. The zero-order valence-corrected chi connectivity index (χ0v) is 15.9. The van der Waals surface area contributed by atoms with Crippen LogP contribution in [-0.2, 0) is 20.9 Å². The number of carbonyl (C=O) groups is 1. The van der Waals surface area contributed by atoms with Gasteiger partial charge in [-0.05, 0) is 25.3 Å². The first-order valence-electron chi connectivity index (χ1n) is 9.73. The van der Waals surface area contributed by atoms with Crippen LogP contribution >= 0.6 is 0 Å². The fraction of sp³-hybridized carbons (Fsp3) is 0.550. The highest BCUT2D eigenvalue weighted by Crippen LogP contribution is 2.33. The van der Waals surface area contributed by atoms with E-state index in [1.807, 2.05) is 0 Å². The zero-order valence-electron chi connectivity index (χ0n) is 15.9. The molecule has 3 rings (SSSR count). The second-order valence-electron chi connectivity index (χ2n) is 7.00. The number of nitrogens with one attached hydrogen (secondary N) is 1. The summed E-state index contributed by atoms with van der Waals surface area (Å²) in [6.45, 7) is 1.48. The van der Waals surface area contributed by atoms with Crippen molar-refractivity contribution >= 4 is 17.7 Å². The van der Waals surface area contributed by atoms with Gasteiger partial charge >= 0.3 is 0 Å². The molecule has 8 heteroatoms. The van der Waals surface area contributed by atoms with Gasteiger partial charge in [-0.2, -0.15) is 0 Å². The Morgan fingerprint density at radius 2 is 2.14 bits per heavy atom. The van der Waals surface area contributed by atoms with Crippen LogP contribution in [0.15, 0.2) is 18.2 Å². The van der Waals surface area contributed by atoms with E-state index in [2.05, 4.69) is 5.32 Å². The third-order valence-electron chi connectivity index (χ3n) is 4.87. The van der Waals surface area contributed by atoms with Crippen molar-refractivity contribution in [2.45, 2.75) is 51.2 Å². The average Bonchev–Trinajstić information content (AvgIpc) is 2.72. The standard InChI is InChI=1S/C20H26N2O6/c23-19(21-9-4-10-27-18-5-2-1-3-6-18)8-7-15-11-17(22(24)25)12-16-13-26-14-28-20(15)16/h7-8,11-12,18H,1-6,9-10,13-14H2,(H,21,23)/b8-7+. The highest BCUT2D eigenvalue weighted by Gasteiger charge is 2.19. The van der Waals surface area contributed by atoms with Crippen LogP contribution in [-0.4, -0.2) is 36.9 Å². The molecule has 0 radical (unpaired) electrons. The Balaban J connectivity index is 1.48. The van der Waals surface area contributed by atoms with Crippen LogP contribution in [0.5, 0.6) is 5.75 Å². The fourth-order valence-corrected chi connectivity index (χ4v) is 3.45. The number of non-ortho nitro benzene ring substituents is 1. The molecule has 0 aromatic heterocycles. The van der Waals surface area contributed by atoms with E-state index in [1.165, 1.54) is 43.5 Å². The van der Waals surface area contributed by atoms with E-state index in [9.17, 15) is 14.9 Å². The third kappa shape index (κ3) is 5.77. The molecular formula is C20H26N2O6. The van der Waals surface area contributed by atoms with E-state index in [1.54, 1.807) is 0 Å². The second kappa shape index (κ2) is 10.2. The molecule has 1 aliphatic heterocycles. The van der Waals surface area contributed by atoms with E-state index >= 15 is 0 Å². The number of ether oxygens (including phenoxy) is 3. The molecule has 2 aliphatic rings. The van der Waals surface area contributed by atoms with Crippen molar-refractivity contribution in [3.63, 3.8) is 0 Å². The third-order valence-corrected chi connectivity index (χ3v) is 4.87. The fourth-order valence-electron chi connectivity index (χ4n) is 3.45. The molecule has 0 unspecified atom stereocenters. The summed E-state index contributed by atoms with van der Waals surface area (Å²) in [6, 6.07) is 2.82. The lowest BCUT2D eigenvalue weighted by Crippen LogP contribution is -2.24. The first-order chi connectivity index (χ1) is 13.6. The van der Waals surface area contributed by atoms with Crippen LogP contribution in [0.2, 0.25) is 0 Å². The van der Waals surface area contributed by atoms with Gasteiger partial charge in [0.15, 0.2) is 6.79 Å². The van der Waals surface area contributed by atoms with E-state index in [-0.39, 0.29) is 25.0 Å². The minimum atomic E-state index is -0.474. The molecular weight excluding hydrogens is 364 g/mol. The van der Waals surface area contributed by atoms with E-state index in [0.29, 0.717) is 36.1 Å². The lowest BCUT2D eigenvalue weighted by molar-refractivity contribution is -0.385. The summed E-state index contributed by atoms with van der Waals surface area (Å²) in [6.07, 6.45) is 10.1. The minimum absolute atomic E-state index is 0.0623. The second-order valence-corrected chi connectivity index (χ2v) is 7.00. The molecule has 1 heterocycles. The first-order valence-corrected chi connectivity index (χ1v) is 9.73. The average molecular weight is 390 g/mol. The highest BCUT2D eigenvalue weighted by molar-refractivity contribution is 5.92. The van der Waals surface area contributed by atoms with Gasteiger partial charge in [0.1, 0.15) is 5.75 Å². The number of nitro benzene ring substituents is 1. The van der Waals surface area contributed by atoms with Crippen LogP contribution in [0, 0.1) is 10.1 Å². The highest BCUT2D eigenvalue weighted by atomic mass is 16.7. The molecule has 1 saturated carbocycles. The molecule has 1 aliphatic carbocycles. The molecule has 0 atom stereocenters. The normalized spacial score (nSPS) is 17.1. The van der Waals surface area contributed by atoms with Crippen molar-refractivity contribution in [2.24, 2.45) is 0 Å². The molecule has 0 saturated heterocycles. The van der Waals surface area contributed by atoms with E-state index in [0.717, 1.165) is 19.3 Å². The predicted molar refractivity (Wildman–Crippen MR) is 103 cm³/mol. The molecule has 1 aromatic carbocycles. The van der Waals surface area contributed by atoms with Gasteiger partial charge in [0.05, 0.1) is 17.6 Å². The van der Waals surface area contributed by atoms with Gasteiger partial charge in [0.25, 0.3) is 5.69 Å². The Labute approximate surface area is 164 Å². The van der Waals surface area contributed by atoms with Crippen molar-refractivity contribution in [1.82, 2.24) is 5.32 Å². The summed E-state index contributed by atoms with van der Waals surface area (Å²) >= 11 is 0. The van der Waals surface area contributed by atoms with E-state index < -0.39 is 4.92 Å². The molecule has 152 valence electrons. The first kappa shape index (κ1) is 20.3. The van der Waals surface area contributed by atoms with Gasteiger partial charge in [0, 0.05) is 42.5 Å². The molecule has 1 fully saturated rings. The smallest absolute Gasteiger partial charge is 0.270 e. The minimum Gasteiger partial charge on any atom is -0.467 e. The molecule has 0 bridgehead atoms. The summed E-state index contributed by atoms with van der Waals surface area (Å²) in [4.78, 5) is 22.7. The maximum Gasteiger partial charge on any atom is 0.270 e. The lowest BCUT2D eigenvalue weighted by Gasteiger charge is -2.21. The molecule has 0 spiro atoms. The number of amides is 1. The lowest BCUT2D eigenvalue weighted by atomic mass is 9.98. The van der Waals surface area contributed by atoms with E-state index in [4.69, 9.17) is 14.2 Å². The Bertz CT molecular complexity index is 728. The van der Waals surface area contributed by atoms with Crippen LogP contribution in [0.4, 0.5) is 5.69 Å². The van der Waals surface area contributed by atoms with Crippen LogP contribution < -0.4 is 10.1 Å². The Hall–Kier alpha value is -2.45. The molecule has 1 N–H and O–H groups in total. The van der Waals surface area contributed by atoms with Gasteiger partial charge in [0.2, 0.25) is 5.91 Å². The topological polar surface area (TPSA) is 99.9 Å². The van der Waals surface area contributed by atoms with Crippen molar-refractivity contribution in [1.29, 1.82) is 0 Å². The van der Waals surface area contributed by atoms with Gasteiger partial charge in [-0.25, -0.2) is 0 Å². The van der Waals surface area contributed by atoms with Gasteiger partial charge < -0.3 is 19.5 Å². The van der Waals surface area contributed by atoms with Gasteiger partial charge in [-0.3, -0.25) is 14.9 Å².